The Bertz CT molecular complexity index is 1150. The predicted octanol–water partition coefficient (Wildman–Crippen LogP) is 5.07. The molecule has 2 N–H and O–H groups in total. The lowest BCUT2D eigenvalue weighted by Gasteiger charge is -2.00. The number of benzene rings is 2. The number of aryl methyl sites for hydroxylation is 1. The van der Waals surface area contributed by atoms with Crippen LogP contribution < -0.4 is 0 Å². The maximum Gasteiger partial charge on any atom is 0.166 e. The Morgan fingerprint density at radius 2 is 2.08 bits per heavy atom. The van der Waals surface area contributed by atoms with Gasteiger partial charge in [-0.2, -0.15) is 5.26 Å². The molecule has 0 bridgehead atoms. The van der Waals surface area contributed by atoms with E-state index in [4.69, 9.17) is 0 Å². The molecule has 2 aromatic heterocycles. The molecule has 0 atom stereocenters. The molecule has 26 heavy (non-hydrogen) atoms. The fourth-order valence-corrected chi connectivity index (χ4v) is 4.34. The van der Waals surface area contributed by atoms with E-state index in [1.54, 1.807) is 0 Å². The van der Waals surface area contributed by atoms with Gasteiger partial charge in [-0.3, -0.25) is 0 Å². The molecular weight excluding hydrogens is 364 g/mol. The Kier molecular flexibility index (Phi) is 4.37. The van der Waals surface area contributed by atoms with Gasteiger partial charge in [0.25, 0.3) is 0 Å². The molecule has 0 amide bonds. The van der Waals surface area contributed by atoms with Crippen molar-refractivity contribution in [2.75, 3.05) is 5.75 Å². The third-order valence-electron chi connectivity index (χ3n) is 3.87. The molecule has 2 aromatic carbocycles. The number of para-hydroxylation sites is 1. The van der Waals surface area contributed by atoms with Crippen molar-refractivity contribution in [2.45, 2.75) is 12.1 Å². The van der Waals surface area contributed by atoms with Gasteiger partial charge in [-0.15, -0.1) is 11.3 Å². The summed E-state index contributed by atoms with van der Waals surface area (Å²) in [4.78, 5) is 12.2. The van der Waals surface area contributed by atoms with E-state index in [9.17, 15) is 10.4 Å². The number of hydrogen-bond acceptors (Lipinski definition) is 6. The van der Waals surface area contributed by atoms with E-state index in [0.717, 1.165) is 26.8 Å². The summed E-state index contributed by atoms with van der Waals surface area (Å²) in [5.74, 6) is 0.255. The number of nitriles is 1. The van der Waals surface area contributed by atoms with Crippen molar-refractivity contribution in [1.29, 1.82) is 5.26 Å². The highest BCUT2D eigenvalue weighted by Crippen LogP contribution is 2.30. The maximum atomic E-state index is 10.4. The minimum absolute atomic E-state index is 0.00759. The van der Waals surface area contributed by atoms with Gasteiger partial charge in [-0.25, -0.2) is 9.97 Å². The highest BCUT2D eigenvalue weighted by atomic mass is 32.2. The van der Waals surface area contributed by atoms with Gasteiger partial charge in [0.1, 0.15) is 22.4 Å². The van der Waals surface area contributed by atoms with E-state index in [2.05, 4.69) is 21.0 Å². The molecule has 0 aliphatic carbocycles. The van der Waals surface area contributed by atoms with E-state index >= 15 is 0 Å². The fourth-order valence-electron chi connectivity index (χ4n) is 2.59. The summed E-state index contributed by atoms with van der Waals surface area (Å²) in [5.41, 5.74) is 4.04. The highest BCUT2D eigenvalue weighted by Gasteiger charge is 2.14. The van der Waals surface area contributed by atoms with Gasteiger partial charge < -0.3 is 10.1 Å². The first-order valence-electron chi connectivity index (χ1n) is 7.91. The van der Waals surface area contributed by atoms with Gasteiger partial charge in [0.2, 0.25) is 0 Å². The molecule has 0 spiro atoms. The summed E-state index contributed by atoms with van der Waals surface area (Å²) >= 11 is 2.76. The number of nitrogens with one attached hydrogen (secondary N) is 1. The number of rotatable bonds is 4. The summed E-state index contributed by atoms with van der Waals surface area (Å²) in [6, 6.07) is 15.8. The number of aromatic amines is 1. The van der Waals surface area contributed by atoms with Crippen LogP contribution in [0.3, 0.4) is 0 Å². The first-order valence-corrected chi connectivity index (χ1v) is 9.71. The van der Waals surface area contributed by atoms with Crippen molar-refractivity contribution in [3.8, 4) is 6.07 Å². The van der Waals surface area contributed by atoms with E-state index in [-0.39, 0.29) is 17.1 Å². The van der Waals surface area contributed by atoms with E-state index < -0.39 is 0 Å². The fraction of sp³-hybridized carbons (Fsp3) is 0.105. The quantitative estimate of drug-likeness (QED) is 0.294. The standard InChI is InChI=1S/C19H14N4OS2/c1-11-6-7-13-15(8-11)23-19(22-13)25-10-16(24)12(9-20)18-21-14-4-2-3-5-17(14)26-18/h2-8,24H,10H2,1H3,(H,22,23)/b16-12-. The van der Waals surface area contributed by atoms with Crippen LogP contribution in [0.4, 0.5) is 0 Å². The molecule has 7 heteroatoms. The molecule has 0 saturated carbocycles. The summed E-state index contributed by atoms with van der Waals surface area (Å²) < 4.78 is 0.989. The number of fused-ring (bicyclic) bond motifs is 2. The van der Waals surface area contributed by atoms with Crippen molar-refractivity contribution < 1.29 is 5.11 Å². The topological polar surface area (TPSA) is 85.6 Å². The smallest absolute Gasteiger partial charge is 0.166 e. The maximum absolute atomic E-state index is 10.4. The van der Waals surface area contributed by atoms with E-state index in [1.807, 2.05) is 49.4 Å². The lowest BCUT2D eigenvalue weighted by atomic mass is 10.2. The molecule has 0 unspecified atom stereocenters. The van der Waals surface area contributed by atoms with Crippen LogP contribution in [0.25, 0.3) is 26.8 Å². The third-order valence-corrected chi connectivity index (χ3v) is 5.81. The third kappa shape index (κ3) is 3.17. The minimum atomic E-state index is 0.00759. The number of H-pyrrole nitrogens is 1. The predicted molar refractivity (Wildman–Crippen MR) is 106 cm³/mol. The Morgan fingerprint density at radius 3 is 2.88 bits per heavy atom. The molecule has 5 nitrogen and oxygen atoms in total. The van der Waals surface area contributed by atoms with Crippen LogP contribution in [-0.2, 0) is 0 Å². The monoisotopic (exact) mass is 378 g/mol. The van der Waals surface area contributed by atoms with Gasteiger partial charge >= 0.3 is 0 Å². The van der Waals surface area contributed by atoms with Crippen molar-refractivity contribution in [3.05, 3.63) is 58.8 Å². The normalized spacial score (nSPS) is 12.3. The molecule has 128 valence electrons. The number of hydrogen-bond donors (Lipinski definition) is 2. The molecular formula is C19H14N4OS2. The number of thiazole rings is 1. The summed E-state index contributed by atoms with van der Waals surface area (Å²) in [6.45, 7) is 2.03. The molecule has 0 aliphatic heterocycles. The lowest BCUT2D eigenvalue weighted by molar-refractivity contribution is 0.420. The number of allylic oxidation sites excluding steroid dienone is 1. The van der Waals surface area contributed by atoms with Gasteiger partial charge in [-0.05, 0) is 36.8 Å². The zero-order chi connectivity index (χ0) is 18.1. The molecule has 0 aliphatic rings. The minimum Gasteiger partial charge on any atom is -0.510 e. The lowest BCUT2D eigenvalue weighted by Crippen LogP contribution is -1.93. The molecule has 0 radical (unpaired) electrons. The van der Waals surface area contributed by atoms with Crippen LogP contribution in [0.1, 0.15) is 10.6 Å². The van der Waals surface area contributed by atoms with Gasteiger partial charge in [0.15, 0.2) is 5.16 Å². The van der Waals surface area contributed by atoms with Crippen LogP contribution in [0.2, 0.25) is 0 Å². The average Bonchev–Trinajstić information content (AvgIpc) is 3.23. The molecule has 0 fully saturated rings. The van der Waals surface area contributed by atoms with Crippen molar-refractivity contribution >= 4 is 49.9 Å². The van der Waals surface area contributed by atoms with Gasteiger partial charge in [0, 0.05) is 0 Å². The zero-order valence-corrected chi connectivity index (χ0v) is 15.5. The Balaban J connectivity index is 1.59. The SMILES string of the molecule is Cc1ccc2nc(SC/C(O)=C(\C#N)c3nc4ccccc4s3)[nH]c2c1. The molecule has 0 saturated heterocycles. The number of aliphatic hydroxyl groups is 1. The van der Waals surface area contributed by atoms with Gasteiger partial charge in [-0.1, -0.05) is 30.0 Å². The van der Waals surface area contributed by atoms with Crippen molar-refractivity contribution in [3.63, 3.8) is 0 Å². The second-order valence-electron chi connectivity index (χ2n) is 5.77. The molecule has 4 rings (SSSR count). The second kappa shape index (κ2) is 6.83. The largest absolute Gasteiger partial charge is 0.510 e. The van der Waals surface area contributed by atoms with Gasteiger partial charge in [0.05, 0.1) is 27.0 Å². The van der Waals surface area contributed by atoms with Crippen LogP contribution in [0.5, 0.6) is 0 Å². The Hall–Kier alpha value is -2.82. The highest BCUT2D eigenvalue weighted by molar-refractivity contribution is 7.99. The Labute approximate surface area is 158 Å². The summed E-state index contributed by atoms with van der Waals surface area (Å²) in [5, 5.41) is 21.2. The van der Waals surface area contributed by atoms with E-state index in [0.29, 0.717) is 10.2 Å². The Morgan fingerprint density at radius 1 is 1.23 bits per heavy atom. The number of thioether (sulfide) groups is 1. The second-order valence-corrected chi connectivity index (χ2v) is 7.77. The first-order chi connectivity index (χ1) is 12.6. The van der Waals surface area contributed by atoms with Crippen molar-refractivity contribution in [2.24, 2.45) is 0 Å². The average molecular weight is 378 g/mol. The summed E-state index contributed by atoms with van der Waals surface area (Å²) in [6.07, 6.45) is 0. The first kappa shape index (κ1) is 16.6. The van der Waals surface area contributed by atoms with Crippen molar-refractivity contribution in [1.82, 2.24) is 15.0 Å². The van der Waals surface area contributed by atoms with E-state index in [1.165, 1.54) is 23.1 Å². The van der Waals surface area contributed by atoms with Crippen LogP contribution in [0, 0.1) is 18.3 Å². The zero-order valence-electron chi connectivity index (χ0n) is 13.9. The molecule has 2 heterocycles. The number of imidazole rings is 1. The summed E-state index contributed by atoms with van der Waals surface area (Å²) in [7, 11) is 0. The van der Waals surface area contributed by atoms with Crippen LogP contribution in [-0.4, -0.2) is 25.8 Å². The number of aromatic nitrogens is 3. The van der Waals surface area contributed by atoms with Crippen LogP contribution >= 0.6 is 23.1 Å². The molecule has 4 aromatic rings. The number of nitrogens with zero attached hydrogens (tertiary/aromatic N) is 3. The number of aliphatic hydroxyl groups excluding tert-OH is 1. The van der Waals surface area contributed by atoms with Crippen LogP contribution in [0.15, 0.2) is 53.4 Å².